The minimum absolute atomic E-state index is 0.0223. The molecule has 17 nitrogen and oxygen atoms in total. The Balaban J connectivity index is 0.833. The highest BCUT2D eigenvalue weighted by molar-refractivity contribution is 7.13. The normalized spacial score (nSPS) is 21.5. The average Bonchev–Trinajstić information content (AvgIpc) is 3.97. The molecule has 2 aromatic carbocycles. The lowest BCUT2D eigenvalue weighted by Crippen LogP contribution is -2.74. The molecule has 0 bridgehead atoms. The summed E-state index contributed by atoms with van der Waals surface area (Å²) in [6.45, 7) is 21.1. The van der Waals surface area contributed by atoms with Crippen molar-refractivity contribution in [3.05, 3.63) is 94.3 Å². The average molecular weight is 987 g/mol. The third-order valence-corrected chi connectivity index (χ3v) is 15.1. The van der Waals surface area contributed by atoms with Crippen LogP contribution in [0.15, 0.2) is 66.3 Å². The molecule has 4 aromatic rings. The van der Waals surface area contributed by atoms with Crippen LogP contribution in [0.4, 0.5) is 5.82 Å². The van der Waals surface area contributed by atoms with Crippen LogP contribution in [0.3, 0.4) is 0 Å². The molecular formula is C53H66N10O7S. The number of ether oxygens (including phenoxy) is 2. The first-order valence-corrected chi connectivity index (χ1v) is 25.0. The number of hydrogen-bond acceptors (Lipinski definition) is 14. The van der Waals surface area contributed by atoms with E-state index in [1.54, 1.807) is 41.8 Å². The van der Waals surface area contributed by atoms with Crippen molar-refractivity contribution in [1.82, 2.24) is 35.7 Å². The van der Waals surface area contributed by atoms with E-state index in [4.69, 9.17) is 9.47 Å². The van der Waals surface area contributed by atoms with Gasteiger partial charge in [0.2, 0.25) is 17.7 Å². The van der Waals surface area contributed by atoms with Crippen LogP contribution in [0.25, 0.3) is 10.4 Å². The molecule has 1 saturated carbocycles. The molecule has 0 spiro atoms. The summed E-state index contributed by atoms with van der Waals surface area (Å²) >= 11 is 1.57. The Kier molecular flexibility index (Phi) is 15.9. The summed E-state index contributed by atoms with van der Waals surface area (Å²) in [5.74, 6) is -0.230. The predicted octanol–water partition coefficient (Wildman–Crippen LogP) is 5.38. The van der Waals surface area contributed by atoms with Crippen molar-refractivity contribution in [1.29, 1.82) is 10.5 Å². The number of carbonyl (C=O) groups excluding carboxylic acids is 4. The molecule has 4 N–H and O–H groups in total. The zero-order valence-corrected chi connectivity index (χ0v) is 42.9. The summed E-state index contributed by atoms with van der Waals surface area (Å²) in [5, 5.41) is 38.5. The van der Waals surface area contributed by atoms with Crippen LogP contribution in [0, 0.1) is 45.8 Å². The molecule has 4 heterocycles. The standard InChI is InChI=1S/C53H66N10O7S/c1-32(34-10-12-35(13-11-34)44-33(2)57-31-71-44)58-47(67)41-25-39(64)29-63(41)48(68)45(51(3,4)5)59-43(65)30-69-23-22-61-18-20-62(21-19-61)42-17-15-37(28-56-42)46(66)60-49-52(6,7)50(53(49,8)9)70-40-16-14-36(26-54)38(24-40)27-55/h10-17,24,28,31-32,39,41,45,49-50,64H,18-23,25,29-30H2,1-9H3,(H,58,67)(H,59,65)(H,60,66)/t32-,39+,41-,45+,49-,50-/m0/s1. The third-order valence-electron chi connectivity index (χ3n) is 14.2. The number of nitrogens with one attached hydrogen (secondary N) is 3. The molecule has 7 rings (SSSR count). The zero-order valence-electron chi connectivity index (χ0n) is 42.1. The smallest absolute Gasteiger partial charge is 0.253 e. The first-order chi connectivity index (χ1) is 33.6. The van der Waals surface area contributed by atoms with Crippen molar-refractivity contribution >= 4 is 40.8 Å². The van der Waals surface area contributed by atoms with Crippen LogP contribution in [-0.2, 0) is 19.1 Å². The minimum atomic E-state index is -0.970. The Hall–Kier alpha value is -6.44. The Morgan fingerprint density at radius 2 is 1.62 bits per heavy atom. The van der Waals surface area contributed by atoms with Crippen LogP contribution >= 0.6 is 11.3 Å². The van der Waals surface area contributed by atoms with Gasteiger partial charge in [-0.15, -0.1) is 11.3 Å². The molecule has 0 unspecified atom stereocenters. The fourth-order valence-electron chi connectivity index (χ4n) is 10.4. The van der Waals surface area contributed by atoms with Gasteiger partial charge in [-0.25, -0.2) is 9.97 Å². The number of thiazole rings is 1. The summed E-state index contributed by atoms with van der Waals surface area (Å²) in [7, 11) is 0. The second-order valence-electron chi connectivity index (χ2n) is 21.1. The molecule has 3 fully saturated rings. The molecule has 376 valence electrons. The molecule has 2 aliphatic heterocycles. The number of β-amino-alcohol motifs (C(OH)–C–C–N with tert-alkyl or cyclic N) is 1. The number of anilines is 1. The van der Waals surface area contributed by atoms with Gasteiger partial charge in [-0.3, -0.25) is 24.1 Å². The summed E-state index contributed by atoms with van der Waals surface area (Å²) < 4.78 is 12.2. The molecule has 2 aromatic heterocycles. The van der Waals surface area contributed by atoms with Gasteiger partial charge in [-0.05, 0) is 60.7 Å². The number of piperazine rings is 1. The summed E-state index contributed by atoms with van der Waals surface area (Å²) in [4.78, 5) is 70.5. The van der Waals surface area contributed by atoms with Crippen molar-refractivity contribution in [2.45, 2.75) is 105 Å². The third kappa shape index (κ3) is 11.7. The fourth-order valence-corrected chi connectivity index (χ4v) is 11.2. The van der Waals surface area contributed by atoms with Crippen LogP contribution < -0.4 is 25.6 Å². The van der Waals surface area contributed by atoms with Gasteiger partial charge in [0.15, 0.2) is 0 Å². The van der Waals surface area contributed by atoms with E-state index in [0.29, 0.717) is 37.6 Å². The number of pyridine rings is 1. The van der Waals surface area contributed by atoms with E-state index in [1.165, 1.54) is 4.90 Å². The molecule has 18 heteroatoms. The number of aliphatic hydroxyl groups is 1. The van der Waals surface area contributed by atoms with Gasteiger partial charge in [0, 0.05) is 68.8 Å². The second kappa shape index (κ2) is 21.5. The molecule has 2 saturated heterocycles. The highest BCUT2D eigenvalue weighted by Crippen LogP contribution is 2.55. The Morgan fingerprint density at radius 3 is 2.23 bits per heavy atom. The first-order valence-electron chi connectivity index (χ1n) is 24.1. The van der Waals surface area contributed by atoms with Crippen LogP contribution in [0.1, 0.15) is 101 Å². The van der Waals surface area contributed by atoms with Crippen molar-refractivity contribution in [2.24, 2.45) is 16.2 Å². The molecule has 71 heavy (non-hydrogen) atoms. The number of hydrogen-bond donors (Lipinski definition) is 4. The van der Waals surface area contributed by atoms with Gasteiger partial charge in [0.1, 0.15) is 48.5 Å². The number of carbonyl (C=O) groups is 4. The van der Waals surface area contributed by atoms with Crippen molar-refractivity contribution in [3.63, 3.8) is 0 Å². The molecule has 4 atom stereocenters. The number of amides is 4. The molecule has 3 aliphatic rings. The monoisotopic (exact) mass is 986 g/mol. The van der Waals surface area contributed by atoms with Crippen LogP contribution in [0.2, 0.25) is 0 Å². The summed E-state index contributed by atoms with van der Waals surface area (Å²) in [5.41, 5.74) is 4.11. The maximum absolute atomic E-state index is 14.1. The number of nitriles is 2. The largest absolute Gasteiger partial charge is 0.489 e. The highest BCUT2D eigenvalue weighted by Gasteiger charge is 2.64. The number of likely N-dealkylation sites (tertiary alicyclic amines) is 1. The van der Waals surface area contributed by atoms with Gasteiger partial charge in [-0.1, -0.05) is 72.7 Å². The minimum Gasteiger partial charge on any atom is -0.489 e. The number of benzene rings is 2. The van der Waals surface area contributed by atoms with Crippen molar-refractivity contribution < 1.29 is 33.8 Å². The Labute approximate surface area is 420 Å². The highest BCUT2D eigenvalue weighted by atomic mass is 32.1. The SMILES string of the molecule is Cc1ncsc1-c1ccc([C@H](C)NC(=O)[C@@H]2C[C@@H](O)CN2C(=O)[C@@H](NC(=O)COCCN2CCN(c3ccc(C(=O)N[C@H]4C(C)(C)[C@H](Oc5ccc(C#N)c(C#N)c5)C4(C)C)cn3)CC2)C(C)(C)C)cc1. The zero-order chi connectivity index (χ0) is 51.4. The van der Waals surface area contributed by atoms with Gasteiger partial charge in [-0.2, -0.15) is 10.5 Å². The van der Waals surface area contributed by atoms with Crippen molar-refractivity contribution in [2.75, 3.05) is 57.4 Å². The number of rotatable bonds is 16. The molecule has 4 amide bonds. The lowest BCUT2D eigenvalue weighted by molar-refractivity contribution is -0.164. The van der Waals surface area contributed by atoms with Crippen molar-refractivity contribution in [3.8, 4) is 28.3 Å². The summed E-state index contributed by atoms with van der Waals surface area (Å²) in [6.07, 6.45) is 0.529. The Morgan fingerprint density at radius 1 is 0.930 bits per heavy atom. The number of aryl methyl sites for hydroxylation is 1. The van der Waals surface area contributed by atoms with Gasteiger partial charge < -0.3 is 40.3 Å². The van der Waals surface area contributed by atoms with E-state index in [1.807, 2.05) is 104 Å². The molecule has 1 aliphatic carbocycles. The maximum Gasteiger partial charge on any atom is 0.253 e. The van der Waals surface area contributed by atoms with Gasteiger partial charge >= 0.3 is 0 Å². The predicted molar refractivity (Wildman–Crippen MR) is 269 cm³/mol. The van der Waals surface area contributed by atoms with E-state index >= 15 is 0 Å². The number of aromatic nitrogens is 2. The topological polar surface area (TPSA) is 226 Å². The number of aliphatic hydroxyl groups excluding tert-OH is 1. The maximum atomic E-state index is 14.1. The lowest BCUT2D eigenvalue weighted by atomic mass is 9.49. The Bertz CT molecular complexity index is 2640. The van der Waals surface area contributed by atoms with E-state index < -0.39 is 46.2 Å². The van der Waals surface area contributed by atoms with E-state index in [0.717, 1.165) is 40.6 Å². The summed E-state index contributed by atoms with van der Waals surface area (Å²) in [6, 6.07) is 18.1. The lowest BCUT2D eigenvalue weighted by Gasteiger charge is -2.63. The van der Waals surface area contributed by atoms with Gasteiger partial charge in [0.05, 0.1) is 51.5 Å². The quantitative estimate of drug-likeness (QED) is 0.104. The van der Waals surface area contributed by atoms with E-state index in [2.05, 4.69) is 41.8 Å². The first kappa shape index (κ1) is 52.4. The number of nitrogens with zero attached hydrogens (tertiary/aromatic N) is 7. The van der Waals surface area contributed by atoms with E-state index in [-0.39, 0.29) is 60.7 Å². The second-order valence-corrected chi connectivity index (χ2v) is 22.0. The molecule has 0 radical (unpaired) electrons. The van der Waals surface area contributed by atoms with Crippen LogP contribution in [-0.4, -0.2) is 131 Å². The van der Waals surface area contributed by atoms with E-state index in [9.17, 15) is 34.8 Å². The van der Waals surface area contributed by atoms with Crippen LogP contribution in [0.5, 0.6) is 5.75 Å². The van der Waals surface area contributed by atoms with Gasteiger partial charge in [0.25, 0.3) is 5.91 Å². The fraction of sp³-hybridized carbons (Fsp3) is 0.509. The molecular weight excluding hydrogens is 921 g/mol.